The van der Waals surface area contributed by atoms with Crippen molar-refractivity contribution in [2.45, 2.75) is 26.8 Å². The first-order valence-corrected chi connectivity index (χ1v) is 8.65. The lowest BCUT2D eigenvalue weighted by Gasteiger charge is -2.33. The van der Waals surface area contributed by atoms with Crippen LogP contribution in [0, 0.1) is 13.8 Å². The monoisotopic (exact) mass is 343 g/mol. The summed E-state index contributed by atoms with van der Waals surface area (Å²) in [6, 6.07) is 8.35. The van der Waals surface area contributed by atoms with Gasteiger partial charge >= 0.3 is 0 Å². The van der Waals surface area contributed by atoms with Crippen molar-refractivity contribution in [1.82, 2.24) is 25.2 Å². The molecule has 134 valence electrons. The number of aromatic nitrogens is 3. The van der Waals surface area contributed by atoms with Gasteiger partial charge in [-0.2, -0.15) is 0 Å². The number of carbonyl (C=O) groups excluding carboxylic acids is 1. The second kappa shape index (κ2) is 7.76. The Morgan fingerprint density at radius 3 is 2.80 bits per heavy atom. The number of hydrogen-bond donors (Lipinski definition) is 1. The van der Waals surface area contributed by atoms with Crippen LogP contribution in [-0.2, 0) is 4.74 Å². The summed E-state index contributed by atoms with van der Waals surface area (Å²) >= 11 is 0. The Bertz CT molecular complexity index is 726. The second-order valence-corrected chi connectivity index (χ2v) is 6.49. The van der Waals surface area contributed by atoms with E-state index in [1.807, 2.05) is 38.1 Å². The molecule has 1 fully saturated rings. The van der Waals surface area contributed by atoms with Gasteiger partial charge in [0.15, 0.2) is 5.69 Å². The fraction of sp³-hybridized carbons (Fsp3) is 0.500. The van der Waals surface area contributed by atoms with Gasteiger partial charge in [-0.25, -0.2) is 4.68 Å². The van der Waals surface area contributed by atoms with Gasteiger partial charge in [0.2, 0.25) is 0 Å². The summed E-state index contributed by atoms with van der Waals surface area (Å²) < 4.78 is 7.12. The molecule has 1 aromatic heterocycles. The van der Waals surface area contributed by atoms with Gasteiger partial charge in [-0.3, -0.25) is 9.69 Å². The van der Waals surface area contributed by atoms with Crippen LogP contribution in [-0.4, -0.2) is 64.7 Å². The first kappa shape index (κ1) is 17.6. The van der Waals surface area contributed by atoms with Gasteiger partial charge in [0.1, 0.15) is 0 Å². The third kappa shape index (κ3) is 4.05. The molecule has 25 heavy (non-hydrogen) atoms. The average molecular weight is 343 g/mol. The molecule has 1 aliphatic rings. The fourth-order valence-corrected chi connectivity index (χ4v) is 2.96. The van der Waals surface area contributed by atoms with E-state index >= 15 is 0 Å². The maximum Gasteiger partial charge on any atom is 0.273 e. The minimum Gasteiger partial charge on any atom is -0.379 e. The van der Waals surface area contributed by atoms with Crippen LogP contribution in [0.2, 0.25) is 0 Å². The number of aryl methyl sites for hydroxylation is 1. The van der Waals surface area contributed by atoms with Gasteiger partial charge in [-0.15, -0.1) is 5.10 Å². The van der Waals surface area contributed by atoms with E-state index in [4.69, 9.17) is 4.74 Å². The zero-order valence-electron chi connectivity index (χ0n) is 15.0. The Balaban J connectivity index is 1.60. The van der Waals surface area contributed by atoms with Crippen LogP contribution in [0.1, 0.15) is 28.7 Å². The quantitative estimate of drug-likeness (QED) is 0.887. The summed E-state index contributed by atoms with van der Waals surface area (Å²) in [4.78, 5) is 14.7. The highest BCUT2D eigenvalue weighted by molar-refractivity contribution is 5.93. The van der Waals surface area contributed by atoms with Crippen molar-refractivity contribution in [3.63, 3.8) is 0 Å². The number of hydrogen-bond acceptors (Lipinski definition) is 5. The van der Waals surface area contributed by atoms with Gasteiger partial charge < -0.3 is 10.1 Å². The van der Waals surface area contributed by atoms with E-state index in [0.29, 0.717) is 18.3 Å². The van der Waals surface area contributed by atoms with Crippen molar-refractivity contribution in [2.75, 3.05) is 32.8 Å². The smallest absolute Gasteiger partial charge is 0.273 e. The normalized spacial score (nSPS) is 18.3. The second-order valence-electron chi connectivity index (χ2n) is 6.49. The van der Waals surface area contributed by atoms with Crippen molar-refractivity contribution >= 4 is 5.91 Å². The third-order valence-corrected chi connectivity index (χ3v) is 4.58. The van der Waals surface area contributed by atoms with Gasteiger partial charge in [0, 0.05) is 25.7 Å². The van der Waals surface area contributed by atoms with Gasteiger partial charge in [-0.1, -0.05) is 22.9 Å². The van der Waals surface area contributed by atoms with E-state index in [-0.39, 0.29) is 5.91 Å². The minimum absolute atomic E-state index is 0.184. The first-order chi connectivity index (χ1) is 12.1. The lowest BCUT2D eigenvalue weighted by atomic mass is 10.2. The summed E-state index contributed by atoms with van der Waals surface area (Å²) in [6.45, 7) is 9.82. The maximum absolute atomic E-state index is 12.4. The Hall–Kier alpha value is -2.25. The van der Waals surface area contributed by atoms with Crippen LogP contribution in [0.4, 0.5) is 0 Å². The number of amides is 1. The van der Waals surface area contributed by atoms with E-state index in [1.54, 1.807) is 4.68 Å². The number of benzene rings is 1. The van der Waals surface area contributed by atoms with E-state index in [0.717, 1.165) is 37.7 Å². The number of nitrogens with zero attached hydrogens (tertiary/aromatic N) is 4. The molecule has 1 amide bonds. The zero-order valence-corrected chi connectivity index (χ0v) is 15.0. The van der Waals surface area contributed by atoms with Crippen LogP contribution in [0.25, 0.3) is 5.69 Å². The highest BCUT2D eigenvalue weighted by atomic mass is 16.5. The molecule has 0 aliphatic carbocycles. The summed E-state index contributed by atoms with van der Waals surface area (Å²) in [5.41, 5.74) is 3.19. The summed E-state index contributed by atoms with van der Waals surface area (Å²) in [6.07, 6.45) is 0. The fourth-order valence-electron chi connectivity index (χ4n) is 2.96. The van der Waals surface area contributed by atoms with Crippen LogP contribution in [0.15, 0.2) is 24.3 Å². The predicted molar refractivity (Wildman–Crippen MR) is 95.0 cm³/mol. The molecule has 7 heteroatoms. The van der Waals surface area contributed by atoms with Crippen LogP contribution < -0.4 is 5.32 Å². The summed E-state index contributed by atoms with van der Waals surface area (Å²) in [7, 11) is 0. The number of rotatable bonds is 5. The number of nitrogens with one attached hydrogen (secondary N) is 1. The van der Waals surface area contributed by atoms with Crippen LogP contribution in [0.3, 0.4) is 0 Å². The molecule has 2 aromatic rings. The van der Waals surface area contributed by atoms with E-state index in [9.17, 15) is 4.79 Å². The van der Waals surface area contributed by atoms with E-state index < -0.39 is 0 Å². The van der Waals surface area contributed by atoms with Gasteiger partial charge in [0.25, 0.3) is 5.91 Å². The Morgan fingerprint density at radius 2 is 2.08 bits per heavy atom. The molecule has 1 atom stereocenters. The molecule has 0 unspecified atom stereocenters. The van der Waals surface area contributed by atoms with Crippen molar-refractivity contribution in [3.8, 4) is 5.69 Å². The summed E-state index contributed by atoms with van der Waals surface area (Å²) in [5, 5.41) is 11.1. The van der Waals surface area contributed by atoms with Crippen LogP contribution >= 0.6 is 0 Å². The number of morpholine rings is 1. The topological polar surface area (TPSA) is 72.3 Å². The van der Waals surface area contributed by atoms with E-state index in [2.05, 4.69) is 27.5 Å². The van der Waals surface area contributed by atoms with Crippen molar-refractivity contribution in [1.29, 1.82) is 0 Å². The molecular weight excluding hydrogens is 318 g/mol. The highest BCUT2D eigenvalue weighted by Gasteiger charge is 2.20. The lowest BCUT2D eigenvalue weighted by molar-refractivity contribution is 0.000534. The molecule has 1 saturated heterocycles. The molecule has 0 spiro atoms. The van der Waals surface area contributed by atoms with Crippen LogP contribution in [0.5, 0.6) is 0 Å². The standard InChI is InChI=1S/C18H25N5O2/c1-13-4-6-16(7-5-13)23-15(3)17(20-21-23)18(24)19-8-9-22-10-11-25-12-14(22)2/h4-7,14H,8-12H2,1-3H3,(H,19,24)/t14-/m1/s1. The van der Waals surface area contributed by atoms with Crippen molar-refractivity contribution < 1.29 is 9.53 Å². The van der Waals surface area contributed by atoms with E-state index in [1.165, 1.54) is 5.56 Å². The predicted octanol–water partition coefficient (Wildman–Crippen LogP) is 1.33. The van der Waals surface area contributed by atoms with Gasteiger partial charge in [-0.05, 0) is 32.9 Å². The van der Waals surface area contributed by atoms with Crippen molar-refractivity contribution in [2.24, 2.45) is 0 Å². The molecule has 1 aliphatic heterocycles. The Labute approximate surface area is 148 Å². The molecule has 0 bridgehead atoms. The molecule has 0 saturated carbocycles. The first-order valence-electron chi connectivity index (χ1n) is 8.65. The molecule has 3 rings (SSSR count). The largest absolute Gasteiger partial charge is 0.379 e. The van der Waals surface area contributed by atoms with Crippen molar-refractivity contribution in [3.05, 3.63) is 41.2 Å². The maximum atomic E-state index is 12.4. The SMILES string of the molecule is Cc1ccc(-n2nnc(C(=O)NCCN3CCOC[C@H]3C)c2C)cc1. The molecule has 1 aromatic carbocycles. The number of ether oxygens (including phenoxy) is 1. The Morgan fingerprint density at radius 1 is 1.32 bits per heavy atom. The Kier molecular flexibility index (Phi) is 5.45. The van der Waals surface area contributed by atoms with Gasteiger partial charge in [0.05, 0.1) is 24.6 Å². The average Bonchev–Trinajstić information content (AvgIpc) is 2.99. The molecule has 0 radical (unpaired) electrons. The molecule has 7 nitrogen and oxygen atoms in total. The molecular formula is C18H25N5O2. The third-order valence-electron chi connectivity index (χ3n) is 4.58. The molecule has 1 N–H and O–H groups in total. The lowest BCUT2D eigenvalue weighted by Crippen LogP contribution is -2.46. The summed E-state index contributed by atoms with van der Waals surface area (Å²) in [5.74, 6) is -0.184. The minimum atomic E-state index is -0.184. The number of carbonyl (C=O) groups is 1. The highest BCUT2D eigenvalue weighted by Crippen LogP contribution is 2.13. The zero-order chi connectivity index (χ0) is 17.8. The molecule has 2 heterocycles.